The van der Waals surface area contributed by atoms with Crippen molar-refractivity contribution in [3.8, 4) is 5.75 Å². The normalized spacial score (nSPS) is 12.3. The molecule has 0 aliphatic rings. The summed E-state index contributed by atoms with van der Waals surface area (Å²) in [6.45, 7) is 0. The molecule has 1 rings (SSSR count). The quantitative estimate of drug-likeness (QED) is 0.698. The van der Waals surface area contributed by atoms with E-state index in [9.17, 15) is 18.3 Å². The number of hydrogen-bond acceptors (Lipinski definition) is 2. The van der Waals surface area contributed by atoms with Gasteiger partial charge in [-0.05, 0) is 18.2 Å². The van der Waals surface area contributed by atoms with Crippen LogP contribution in [0.4, 0.5) is 13.2 Å². The van der Waals surface area contributed by atoms with Gasteiger partial charge in [-0.25, -0.2) is 0 Å². The topological polar surface area (TPSA) is 32.6 Å². The minimum atomic E-state index is -4.43. The van der Waals surface area contributed by atoms with E-state index in [1.807, 2.05) is 0 Å². The summed E-state index contributed by atoms with van der Waals surface area (Å²) in [6.07, 6.45) is -3.14. The Morgan fingerprint density at radius 1 is 1.36 bits per heavy atom. The highest BCUT2D eigenvalue weighted by atomic mass is 19.4. The number of halogens is 3. The van der Waals surface area contributed by atoms with E-state index in [1.165, 1.54) is 19.3 Å². The van der Waals surface area contributed by atoms with E-state index in [0.29, 0.717) is 6.07 Å². The molecule has 0 bridgehead atoms. The Morgan fingerprint density at radius 2 is 2.00 bits per heavy atom. The number of rotatable bonds is 1. The van der Waals surface area contributed by atoms with E-state index in [4.69, 9.17) is 0 Å². The average Bonchev–Trinajstić information content (AvgIpc) is 2.07. The van der Waals surface area contributed by atoms with Gasteiger partial charge in [0.1, 0.15) is 5.75 Å². The van der Waals surface area contributed by atoms with Crippen LogP contribution in [0.3, 0.4) is 0 Å². The zero-order valence-corrected chi connectivity index (χ0v) is 7.34. The van der Waals surface area contributed by atoms with Crippen molar-refractivity contribution in [2.75, 3.05) is 7.05 Å². The molecule has 0 spiro atoms. The number of benzene rings is 1. The van der Waals surface area contributed by atoms with E-state index in [-0.39, 0.29) is 5.56 Å². The monoisotopic (exact) mass is 203 g/mol. The van der Waals surface area contributed by atoms with Crippen LogP contribution in [0.25, 0.3) is 0 Å². The smallest absolute Gasteiger partial charge is 0.416 e. The maximum atomic E-state index is 12.1. The number of aromatic hydroxyl groups is 1. The highest BCUT2D eigenvalue weighted by molar-refractivity contribution is 5.83. The molecule has 0 radical (unpaired) electrons. The van der Waals surface area contributed by atoms with Crippen molar-refractivity contribution in [2.24, 2.45) is 4.99 Å². The van der Waals surface area contributed by atoms with Gasteiger partial charge in [0, 0.05) is 18.8 Å². The highest BCUT2D eigenvalue weighted by Gasteiger charge is 2.30. The minimum Gasteiger partial charge on any atom is -0.507 e. The maximum absolute atomic E-state index is 12.1. The van der Waals surface area contributed by atoms with Crippen molar-refractivity contribution in [1.82, 2.24) is 0 Å². The number of hydrogen-bond donors (Lipinski definition) is 1. The first kappa shape index (κ1) is 10.6. The van der Waals surface area contributed by atoms with Gasteiger partial charge in [-0.1, -0.05) is 0 Å². The summed E-state index contributed by atoms with van der Waals surface area (Å²) in [4.78, 5) is 3.59. The number of phenolic OH excluding ortho intramolecular Hbond substituents is 1. The third kappa shape index (κ3) is 2.25. The summed E-state index contributed by atoms with van der Waals surface area (Å²) >= 11 is 0. The van der Waals surface area contributed by atoms with Crippen LogP contribution in [0.15, 0.2) is 23.2 Å². The number of aliphatic imine (C=N–C) groups is 1. The Bertz CT molecular complexity index is 358. The molecular formula is C9H8F3NO. The SMILES string of the molecule is CN=Cc1ccc(C(F)(F)F)cc1O. The molecule has 0 aliphatic heterocycles. The molecule has 0 saturated heterocycles. The standard InChI is InChI=1S/C9H8F3NO/c1-13-5-6-2-3-7(4-8(6)14)9(10,11)12/h2-5,14H,1H3. The molecule has 0 heterocycles. The van der Waals surface area contributed by atoms with Gasteiger partial charge in [0.05, 0.1) is 5.56 Å². The average molecular weight is 203 g/mol. The summed E-state index contributed by atoms with van der Waals surface area (Å²) in [6, 6.07) is 2.75. The van der Waals surface area contributed by atoms with Gasteiger partial charge in [0.2, 0.25) is 0 Å². The maximum Gasteiger partial charge on any atom is 0.416 e. The number of alkyl halides is 3. The van der Waals surface area contributed by atoms with Gasteiger partial charge in [0.15, 0.2) is 0 Å². The Morgan fingerprint density at radius 3 is 2.43 bits per heavy atom. The van der Waals surface area contributed by atoms with E-state index < -0.39 is 17.5 Å². The van der Waals surface area contributed by atoms with Gasteiger partial charge >= 0.3 is 6.18 Å². The molecule has 0 saturated carbocycles. The molecule has 5 heteroatoms. The predicted octanol–water partition coefficient (Wildman–Crippen LogP) is 2.46. The lowest BCUT2D eigenvalue weighted by molar-refractivity contribution is -0.137. The van der Waals surface area contributed by atoms with Gasteiger partial charge in [-0.15, -0.1) is 0 Å². The second kappa shape index (κ2) is 3.69. The molecule has 2 nitrogen and oxygen atoms in total. The first-order chi connectivity index (χ1) is 6.45. The lowest BCUT2D eigenvalue weighted by Gasteiger charge is -2.07. The molecule has 0 amide bonds. The highest BCUT2D eigenvalue weighted by Crippen LogP contribution is 2.32. The molecular weight excluding hydrogens is 195 g/mol. The van der Waals surface area contributed by atoms with Crippen LogP contribution >= 0.6 is 0 Å². The first-order valence-corrected chi connectivity index (χ1v) is 3.77. The van der Waals surface area contributed by atoms with E-state index in [0.717, 1.165) is 6.07 Å². The van der Waals surface area contributed by atoms with Gasteiger partial charge < -0.3 is 5.11 Å². The second-order valence-electron chi connectivity index (χ2n) is 2.66. The molecule has 1 aromatic rings. The molecule has 0 atom stereocenters. The fourth-order valence-electron chi connectivity index (χ4n) is 0.968. The van der Waals surface area contributed by atoms with Gasteiger partial charge in [0.25, 0.3) is 0 Å². The van der Waals surface area contributed by atoms with E-state index in [1.54, 1.807) is 0 Å². The largest absolute Gasteiger partial charge is 0.507 e. The van der Waals surface area contributed by atoms with Gasteiger partial charge in [-0.2, -0.15) is 13.2 Å². The third-order valence-electron chi connectivity index (χ3n) is 1.63. The van der Waals surface area contributed by atoms with E-state index in [2.05, 4.69) is 4.99 Å². The molecule has 76 valence electrons. The van der Waals surface area contributed by atoms with Crippen molar-refractivity contribution in [3.05, 3.63) is 29.3 Å². The molecule has 0 aliphatic carbocycles. The van der Waals surface area contributed by atoms with E-state index >= 15 is 0 Å². The summed E-state index contributed by atoms with van der Waals surface area (Å²) in [5.74, 6) is -0.426. The van der Waals surface area contributed by atoms with Crippen LogP contribution in [0, 0.1) is 0 Å². The lowest BCUT2D eigenvalue weighted by Crippen LogP contribution is -2.04. The molecule has 1 N–H and O–H groups in total. The zero-order chi connectivity index (χ0) is 10.8. The van der Waals surface area contributed by atoms with Crippen molar-refractivity contribution in [2.45, 2.75) is 6.18 Å². The van der Waals surface area contributed by atoms with Crippen LogP contribution in [-0.4, -0.2) is 18.4 Å². The molecule has 1 aromatic carbocycles. The Balaban J connectivity index is 3.13. The Kier molecular flexibility index (Phi) is 2.78. The van der Waals surface area contributed by atoms with Crippen LogP contribution in [0.1, 0.15) is 11.1 Å². The predicted molar refractivity (Wildman–Crippen MR) is 46.6 cm³/mol. The molecule has 0 unspecified atom stereocenters. The van der Waals surface area contributed by atoms with Crippen molar-refractivity contribution in [3.63, 3.8) is 0 Å². The van der Waals surface area contributed by atoms with Crippen molar-refractivity contribution < 1.29 is 18.3 Å². The minimum absolute atomic E-state index is 0.264. The number of nitrogens with zero attached hydrogens (tertiary/aromatic N) is 1. The van der Waals surface area contributed by atoms with Crippen molar-refractivity contribution in [1.29, 1.82) is 0 Å². The van der Waals surface area contributed by atoms with Crippen LogP contribution in [-0.2, 0) is 6.18 Å². The number of phenols is 1. The van der Waals surface area contributed by atoms with Crippen molar-refractivity contribution >= 4 is 6.21 Å². The molecule has 14 heavy (non-hydrogen) atoms. The summed E-state index contributed by atoms with van der Waals surface area (Å²) in [5, 5.41) is 9.19. The fraction of sp³-hybridized carbons (Fsp3) is 0.222. The van der Waals surface area contributed by atoms with Crippen LogP contribution < -0.4 is 0 Å². The van der Waals surface area contributed by atoms with Gasteiger partial charge in [-0.3, -0.25) is 4.99 Å². The summed E-state index contributed by atoms with van der Waals surface area (Å²) < 4.78 is 36.4. The Hall–Kier alpha value is -1.52. The van der Waals surface area contributed by atoms with Crippen LogP contribution in [0.5, 0.6) is 5.75 Å². The van der Waals surface area contributed by atoms with Crippen LogP contribution in [0.2, 0.25) is 0 Å². The Labute approximate surface area is 78.7 Å². The molecule has 0 aromatic heterocycles. The lowest BCUT2D eigenvalue weighted by atomic mass is 10.1. The first-order valence-electron chi connectivity index (χ1n) is 3.77. The zero-order valence-electron chi connectivity index (χ0n) is 7.34. The fourth-order valence-corrected chi connectivity index (χ4v) is 0.968. The third-order valence-corrected chi connectivity index (χ3v) is 1.63. The second-order valence-corrected chi connectivity index (χ2v) is 2.66. The molecule has 0 fully saturated rings. The summed E-state index contributed by atoms with van der Waals surface area (Å²) in [5.41, 5.74) is -0.608. The summed E-state index contributed by atoms with van der Waals surface area (Å²) in [7, 11) is 1.47.